The number of hydrogen-bond donors (Lipinski definition) is 1. The number of amides is 1. The smallest absolute Gasteiger partial charge is 0.233 e. The molecule has 6 heteroatoms. The Labute approximate surface area is 131 Å². The van der Waals surface area contributed by atoms with Crippen molar-refractivity contribution in [1.29, 1.82) is 0 Å². The highest BCUT2D eigenvalue weighted by Gasteiger charge is 2.15. The molecule has 0 spiro atoms. The lowest BCUT2D eigenvalue weighted by Crippen LogP contribution is -2.18. The van der Waals surface area contributed by atoms with Crippen molar-refractivity contribution >= 4 is 51.7 Å². The minimum Gasteiger partial charge on any atom is -0.301 e. The van der Waals surface area contributed by atoms with Gasteiger partial charge in [0, 0.05) is 11.6 Å². The van der Waals surface area contributed by atoms with Gasteiger partial charge in [0.2, 0.25) is 5.91 Å². The summed E-state index contributed by atoms with van der Waals surface area (Å²) in [5.74, 6) is -0.345. The Morgan fingerprint density at radius 3 is 2.60 bits per heavy atom. The lowest BCUT2D eigenvalue weighted by molar-refractivity contribution is -0.117. The number of rotatable bonds is 4. The molecule has 1 aromatic heterocycles. The summed E-state index contributed by atoms with van der Waals surface area (Å²) in [7, 11) is 0. The van der Waals surface area contributed by atoms with Crippen LogP contribution in [0.5, 0.6) is 0 Å². The number of hydrogen-bond acceptors (Lipinski definition) is 3. The van der Waals surface area contributed by atoms with Crippen molar-refractivity contribution in [3.8, 4) is 0 Å². The van der Waals surface area contributed by atoms with Crippen molar-refractivity contribution in [2.75, 3.05) is 5.32 Å². The summed E-state index contributed by atoms with van der Waals surface area (Å²) in [4.78, 5) is 16.1. The monoisotopic (exact) mass is 326 g/mol. The standard InChI is InChI=1S/C14H12Cl2N2OS/c1-9(13(19)18-14-17-6-7-20-14)11-4-2-10(3-5-11)8-12(15)16/h2-9H,1H3,(H,17,18,19). The van der Waals surface area contributed by atoms with Crippen LogP contribution in [0.4, 0.5) is 5.13 Å². The van der Waals surface area contributed by atoms with E-state index in [1.807, 2.05) is 36.6 Å². The van der Waals surface area contributed by atoms with Gasteiger partial charge in [-0.1, -0.05) is 47.5 Å². The molecule has 1 aromatic carbocycles. The first kappa shape index (κ1) is 15.0. The fraction of sp³-hybridized carbons (Fsp3) is 0.143. The number of nitrogens with one attached hydrogen (secondary N) is 1. The van der Waals surface area contributed by atoms with Crippen molar-refractivity contribution in [3.05, 3.63) is 51.5 Å². The van der Waals surface area contributed by atoms with Gasteiger partial charge in [0.05, 0.1) is 5.92 Å². The predicted molar refractivity (Wildman–Crippen MR) is 85.3 cm³/mol. The molecule has 0 saturated carbocycles. The van der Waals surface area contributed by atoms with Gasteiger partial charge in [0.1, 0.15) is 4.49 Å². The molecule has 3 nitrogen and oxygen atoms in total. The molecule has 0 bridgehead atoms. The van der Waals surface area contributed by atoms with Gasteiger partial charge in [-0.15, -0.1) is 11.3 Å². The van der Waals surface area contributed by atoms with E-state index < -0.39 is 0 Å². The van der Waals surface area contributed by atoms with Crippen molar-refractivity contribution < 1.29 is 4.79 Å². The molecule has 0 saturated heterocycles. The molecular formula is C14H12Cl2N2OS. The summed E-state index contributed by atoms with van der Waals surface area (Å²) in [5.41, 5.74) is 1.81. The van der Waals surface area contributed by atoms with Crippen LogP contribution in [0, 0.1) is 0 Å². The third kappa shape index (κ3) is 4.07. The topological polar surface area (TPSA) is 42.0 Å². The molecule has 1 atom stereocenters. The van der Waals surface area contributed by atoms with E-state index >= 15 is 0 Å². The summed E-state index contributed by atoms with van der Waals surface area (Å²) in [6.07, 6.45) is 3.30. The predicted octanol–water partition coefficient (Wildman–Crippen LogP) is 4.66. The molecule has 20 heavy (non-hydrogen) atoms. The van der Waals surface area contributed by atoms with Crippen LogP contribution in [0.1, 0.15) is 24.0 Å². The van der Waals surface area contributed by atoms with Gasteiger partial charge in [-0.05, 0) is 24.1 Å². The van der Waals surface area contributed by atoms with Gasteiger partial charge in [0.15, 0.2) is 5.13 Å². The Bertz CT molecular complexity index is 605. The van der Waals surface area contributed by atoms with Gasteiger partial charge in [-0.25, -0.2) is 4.98 Å². The van der Waals surface area contributed by atoms with Crippen LogP contribution < -0.4 is 5.32 Å². The number of anilines is 1. The molecule has 104 valence electrons. The zero-order chi connectivity index (χ0) is 14.5. The van der Waals surface area contributed by atoms with Crippen LogP contribution >= 0.6 is 34.5 Å². The second-order valence-electron chi connectivity index (χ2n) is 4.15. The van der Waals surface area contributed by atoms with Crippen LogP contribution in [-0.2, 0) is 4.79 Å². The van der Waals surface area contributed by atoms with Gasteiger partial charge in [-0.2, -0.15) is 0 Å². The molecule has 2 aromatic rings. The van der Waals surface area contributed by atoms with Crippen LogP contribution in [0.25, 0.3) is 6.08 Å². The van der Waals surface area contributed by atoms with E-state index in [2.05, 4.69) is 10.3 Å². The second-order valence-corrected chi connectivity index (χ2v) is 6.05. The minimum absolute atomic E-state index is 0.0846. The third-order valence-electron chi connectivity index (χ3n) is 2.77. The van der Waals surface area contributed by atoms with Gasteiger partial charge < -0.3 is 5.32 Å². The van der Waals surface area contributed by atoms with Crippen LogP contribution in [-0.4, -0.2) is 10.9 Å². The average Bonchev–Trinajstić information content (AvgIpc) is 2.91. The molecule has 0 aliphatic heterocycles. The van der Waals surface area contributed by atoms with E-state index in [1.165, 1.54) is 11.3 Å². The number of aromatic nitrogens is 1. The SMILES string of the molecule is CC(C(=O)Nc1nccs1)c1ccc(C=C(Cl)Cl)cc1. The first-order chi connectivity index (χ1) is 9.56. The first-order valence-electron chi connectivity index (χ1n) is 5.89. The highest BCUT2D eigenvalue weighted by Crippen LogP contribution is 2.21. The molecule has 2 rings (SSSR count). The van der Waals surface area contributed by atoms with Crippen molar-refractivity contribution in [1.82, 2.24) is 4.98 Å². The maximum Gasteiger partial charge on any atom is 0.233 e. The maximum atomic E-state index is 12.1. The lowest BCUT2D eigenvalue weighted by Gasteiger charge is -2.11. The molecular weight excluding hydrogens is 315 g/mol. The quantitative estimate of drug-likeness (QED) is 0.887. The summed E-state index contributed by atoms with van der Waals surface area (Å²) in [6, 6.07) is 7.50. The minimum atomic E-state index is -0.261. The Kier molecular flexibility index (Phi) is 5.17. The molecule has 0 radical (unpaired) electrons. The van der Waals surface area contributed by atoms with Gasteiger partial charge in [0.25, 0.3) is 0 Å². The van der Waals surface area contributed by atoms with E-state index in [0.717, 1.165) is 11.1 Å². The third-order valence-corrected chi connectivity index (χ3v) is 3.67. The fourth-order valence-corrected chi connectivity index (χ4v) is 2.44. The Hall–Kier alpha value is -1.36. The highest BCUT2D eigenvalue weighted by atomic mass is 35.5. The summed E-state index contributed by atoms with van der Waals surface area (Å²) < 4.78 is 0.201. The van der Waals surface area contributed by atoms with E-state index in [4.69, 9.17) is 23.2 Å². The summed E-state index contributed by atoms with van der Waals surface area (Å²) >= 11 is 12.6. The molecule has 1 N–H and O–H groups in total. The maximum absolute atomic E-state index is 12.1. The van der Waals surface area contributed by atoms with Crippen LogP contribution in [0.3, 0.4) is 0 Å². The number of carbonyl (C=O) groups excluding carboxylic acids is 1. The summed E-state index contributed by atoms with van der Waals surface area (Å²) in [6.45, 7) is 1.85. The summed E-state index contributed by atoms with van der Waals surface area (Å²) in [5, 5.41) is 5.20. The largest absolute Gasteiger partial charge is 0.301 e. The number of carbonyl (C=O) groups is 1. The molecule has 0 aliphatic carbocycles. The second kappa shape index (κ2) is 6.88. The fourth-order valence-electron chi connectivity index (χ4n) is 1.66. The van der Waals surface area contributed by atoms with E-state index in [-0.39, 0.29) is 16.3 Å². The first-order valence-corrected chi connectivity index (χ1v) is 7.53. The van der Waals surface area contributed by atoms with Crippen molar-refractivity contribution in [3.63, 3.8) is 0 Å². The lowest BCUT2D eigenvalue weighted by atomic mass is 9.99. The number of halogens is 2. The molecule has 1 heterocycles. The zero-order valence-corrected chi connectivity index (χ0v) is 13.0. The average molecular weight is 327 g/mol. The molecule has 1 unspecified atom stereocenters. The van der Waals surface area contributed by atoms with Gasteiger partial charge in [-0.3, -0.25) is 4.79 Å². The Morgan fingerprint density at radius 2 is 2.05 bits per heavy atom. The number of benzene rings is 1. The number of thiazole rings is 1. The molecule has 0 aliphatic rings. The Balaban J connectivity index is 2.07. The van der Waals surface area contributed by atoms with Crippen LogP contribution in [0.2, 0.25) is 0 Å². The van der Waals surface area contributed by atoms with Gasteiger partial charge >= 0.3 is 0 Å². The molecule has 0 fully saturated rings. The van der Waals surface area contributed by atoms with E-state index in [0.29, 0.717) is 5.13 Å². The highest BCUT2D eigenvalue weighted by molar-refractivity contribution is 7.13. The Morgan fingerprint density at radius 1 is 1.35 bits per heavy atom. The van der Waals surface area contributed by atoms with E-state index in [1.54, 1.807) is 12.3 Å². The number of nitrogens with zero attached hydrogens (tertiary/aromatic N) is 1. The molecule has 1 amide bonds. The zero-order valence-electron chi connectivity index (χ0n) is 10.6. The van der Waals surface area contributed by atoms with Crippen LogP contribution in [0.15, 0.2) is 40.3 Å². The van der Waals surface area contributed by atoms with Crippen molar-refractivity contribution in [2.45, 2.75) is 12.8 Å². The van der Waals surface area contributed by atoms with Crippen molar-refractivity contribution in [2.24, 2.45) is 0 Å². The van der Waals surface area contributed by atoms with E-state index in [9.17, 15) is 4.79 Å². The normalized spacial score (nSPS) is 11.8.